The maximum Gasteiger partial charge on any atom is 0.329 e. The Hall–Kier alpha value is -1.36. The molecule has 5 nitrogen and oxygen atoms in total. The van der Waals surface area contributed by atoms with E-state index in [9.17, 15) is 4.79 Å². The van der Waals surface area contributed by atoms with Crippen LogP contribution in [0.4, 0.5) is 4.79 Å². The highest BCUT2D eigenvalue weighted by molar-refractivity contribution is 5.76. The molecule has 1 aromatic rings. The van der Waals surface area contributed by atoms with Crippen LogP contribution in [0.5, 0.6) is 0 Å². The van der Waals surface area contributed by atoms with Crippen LogP contribution in [0.2, 0.25) is 0 Å². The van der Waals surface area contributed by atoms with E-state index >= 15 is 0 Å². The van der Waals surface area contributed by atoms with E-state index in [0.717, 1.165) is 44.9 Å². The zero-order valence-corrected chi connectivity index (χ0v) is 12.0. The SMILES string of the molecule is CCN(CC)CC1CCN(C(=O)n2ccnc2)CC1. The molecule has 0 spiro atoms. The smallest absolute Gasteiger partial charge is 0.324 e. The van der Waals surface area contributed by atoms with Crippen molar-refractivity contribution in [3.63, 3.8) is 0 Å². The Morgan fingerprint density at radius 2 is 2.00 bits per heavy atom. The monoisotopic (exact) mass is 264 g/mol. The second kappa shape index (κ2) is 6.70. The average Bonchev–Trinajstić information content (AvgIpc) is 2.99. The standard InChI is InChI=1S/C14H24N4O/c1-3-16(4-2)11-13-5-8-17(9-6-13)14(19)18-10-7-15-12-18/h7,10,12-13H,3-6,8-9,11H2,1-2H3. The highest BCUT2D eigenvalue weighted by Crippen LogP contribution is 2.19. The lowest BCUT2D eigenvalue weighted by atomic mass is 9.96. The van der Waals surface area contributed by atoms with E-state index in [1.165, 1.54) is 6.54 Å². The van der Waals surface area contributed by atoms with Gasteiger partial charge in [0.1, 0.15) is 6.33 Å². The van der Waals surface area contributed by atoms with Crippen molar-refractivity contribution >= 4 is 6.03 Å². The number of likely N-dealkylation sites (tertiary alicyclic amines) is 1. The van der Waals surface area contributed by atoms with Gasteiger partial charge in [-0.1, -0.05) is 13.8 Å². The first-order valence-corrected chi connectivity index (χ1v) is 7.24. The summed E-state index contributed by atoms with van der Waals surface area (Å²) in [5.41, 5.74) is 0. The molecule has 0 unspecified atom stereocenters. The lowest BCUT2D eigenvalue weighted by molar-refractivity contribution is 0.151. The molecule has 1 fully saturated rings. The Labute approximate surface area is 115 Å². The number of carbonyl (C=O) groups excluding carboxylic acids is 1. The summed E-state index contributed by atoms with van der Waals surface area (Å²) in [6, 6.07) is 0.0544. The molecule has 19 heavy (non-hydrogen) atoms. The van der Waals surface area contributed by atoms with Crippen molar-refractivity contribution < 1.29 is 4.79 Å². The number of rotatable bonds is 4. The van der Waals surface area contributed by atoms with Gasteiger partial charge in [-0.3, -0.25) is 4.57 Å². The molecule has 0 saturated carbocycles. The van der Waals surface area contributed by atoms with E-state index < -0.39 is 0 Å². The Morgan fingerprint density at radius 3 is 2.53 bits per heavy atom. The van der Waals surface area contributed by atoms with Gasteiger partial charge in [-0.25, -0.2) is 9.78 Å². The Balaban J connectivity index is 1.81. The molecule has 0 aromatic carbocycles. The molecule has 0 atom stereocenters. The van der Waals surface area contributed by atoms with Crippen LogP contribution in [-0.2, 0) is 0 Å². The van der Waals surface area contributed by atoms with Gasteiger partial charge >= 0.3 is 6.03 Å². The molecule has 5 heteroatoms. The largest absolute Gasteiger partial charge is 0.329 e. The fourth-order valence-electron chi connectivity index (χ4n) is 2.69. The number of carbonyl (C=O) groups is 1. The first kappa shape index (κ1) is 14.1. The van der Waals surface area contributed by atoms with Gasteiger partial charge in [-0.2, -0.15) is 0 Å². The topological polar surface area (TPSA) is 41.4 Å². The van der Waals surface area contributed by atoms with Crippen molar-refractivity contribution in [1.29, 1.82) is 0 Å². The third-order valence-electron chi connectivity index (χ3n) is 4.02. The normalized spacial score (nSPS) is 17.1. The van der Waals surface area contributed by atoms with Gasteiger partial charge in [0, 0.05) is 32.0 Å². The number of hydrogen-bond donors (Lipinski definition) is 0. The van der Waals surface area contributed by atoms with E-state index in [4.69, 9.17) is 0 Å². The molecule has 1 aliphatic heterocycles. The second-order valence-electron chi connectivity index (χ2n) is 5.17. The molecule has 1 amide bonds. The molecule has 2 heterocycles. The molecule has 0 aliphatic carbocycles. The van der Waals surface area contributed by atoms with E-state index in [1.807, 2.05) is 4.90 Å². The zero-order chi connectivity index (χ0) is 13.7. The highest BCUT2D eigenvalue weighted by atomic mass is 16.2. The van der Waals surface area contributed by atoms with Gasteiger partial charge in [0.2, 0.25) is 0 Å². The summed E-state index contributed by atoms with van der Waals surface area (Å²) in [6.07, 6.45) is 7.15. The molecular formula is C14H24N4O. The molecule has 1 aromatic heterocycles. The van der Waals surface area contributed by atoms with Gasteiger partial charge in [-0.05, 0) is 31.8 Å². The van der Waals surface area contributed by atoms with Crippen LogP contribution in [0, 0.1) is 5.92 Å². The van der Waals surface area contributed by atoms with Crippen molar-refractivity contribution in [2.75, 3.05) is 32.7 Å². The van der Waals surface area contributed by atoms with E-state index in [0.29, 0.717) is 0 Å². The van der Waals surface area contributed by atoms with Crippen molar-refractivity contribution in [3.05, 3.63) is 18.7 Å². The first-order chi connectivity index (χ1) is 9.24. The third-order valence-corrected chi connectivity index (χ3v) is 4.02. The molecule has 1 saturated heterocycles. The summed E-state index contributed by atoms with van der Waals surface area (Å²) in [6.45, 7) is 9.55. The van der Waals surface area contributed by atoms with Crippen LogP contribution in [-0.4, -0.2) is 58.1 Å². The summed E-state index contributed by atoms with van der Waals surface area (Å²) in [5.74, 6) is 0.728. The van der Waals surface area contributed by atoms with E-state index in [-0.39, 0.29) is 6.03 Å². The number of piperidine rings is 1. The van der Waals surface area contributed by atoms with Gasteiger partial charge < -0.3 is 9.80 Å². The number of nitrogens with zero attached hydrogens (tertiary/aromatic N) is 4. The fraction of sp³-hybridized carbons (Fsp3) is 0.714. The average molecular weight is 264 g/mol. The number of imidazole rings is 1. The Kier molecular flexibility index (Phi) is 4.96. The van der Waals surface area contributed by atoms with Crippen LogP contribution in [0.3, 0.4) is 0 Å². The predicted molar refractivity (Wildman–Crippen MR) is 75.1 cm³/mol. The Bertz CT molecular complexity index is 378. The molecular weight excluding hydrogens is 240 g/mol. The number of amides is 1. The molecule has 2 rings (SSSR count). The maximum absolute atomic E-state index is 12.1. The first-order valence-electron chi connectivity index (χ1n) is 7.24. The zero-order valence-electron chi connectivity index (χ0n) is 12.0. The molecule has 0 bridgehead atoms. The summed E-state index contributed by atoms with van der Waals surface area (Å²) >= 11 is 0. The highest BCUT2D eigenvalue weighted by Gasteiger charge is 2.24. The van der Waals surface area contributed by atoms with Crippen molar-refractivity contribution in [3.8, 4) is 0 Å². The third kappa shape index (κ3) is 3.56. The van der Waals surface area contributed by atoms with Crippen LogP contribution in [0.1, 0.15) is 26.7 Å². The van der Waals surface area contributed by atoms with Gasteiger partial charge in [0.25, 0.3) is 0 Å². The van der Waals surface area contributed by atoms with Crippen molar-refractivity contribution in [1.82, 2.24) is 19.4 Å². The molecule has 0 radical (unpaired) electrons. The minimum absolute atomic E-state index is 0.0544. The second-order valence-corrected chi connectivity index (χ2v) is 5.17. The summed E-state index contributed by atoms with van der Waals surface area (Å²) in [4.78, 5) is 20.5. The van der Waals surface area contributed by atoms with Crippen molar-refractivity contribution in [2.24, 2.45) is 5.92 Å². The summed E-state index contributed by atoms with van der Waals surface area (Å²) in [7, 11) is 0. The lowest BCUT2D eigenvalue weighted by Gasteiger charge is -2.34. The van der Waals surface area contributed by atoms with E-state index in [2.05, 4.69) is 23.7 Å². The minimum atomic E-state index is 0.0544. The van der Waals surface area contributed by atoms with Crippen LogP contribution < -0.4 is 0 Å². The quantitative estimate of drug-likeness (QED) is 0.834. The Morgan fingerprint density at radius 1 is 1.32 bits per heavy atom. The van der Waals surface area contributed by atoms with E-state index in [1.54, 1.807) is 23.3 Å². The number of aromatic nitrogens is 2. The molecule has 0 N–H and O–H groups in total. The molecule has 106 valence electrons. The van der Waals surface area contributed by atoms with Crippen molar-refractivity contribution in [2.45, 2.75) is 26.7 Å². The molecule has 1 aliphatic rings. The fourth-order valence-corrected chi connectivity index (χ4v) is 2.69. The minimum Gasteiger partial charge on any atom is -0.324 e. The van der Waals surface area contributed by atoms with Crippen LogP contribution in [0.15, 0.2) is 18.7 Å². The lowest BCUT2D eigenvalue weighted by Crippen LogP contribution is -2.43. The predicted octanol–water partition coefficient (Wildman–Crippen LogP) is 1.91. The summed E-state index contributed by atoms with van der Waals surface area (Å²) < 4.78 is 1.56. The van der Waals surface area contributed by atoms with Crippen LogP contribution >= 0.6 is 0 Å². The number of hydrogen-bond acceptors (Lipinski definition) is 3. The maximum atomic E-state index is 12.1. The van der Waals surface area contributed by atoms with Gasteiger partial charge in [0.15, 0.2) is 0 Å². The van der Waals surface area contributed by atoms with Gasteiger partial charge in [-0.15, -0.1) is 0 Å². The summed E-state index contributed by atoms with van der Waals surface area (Å²) in [5, 5.41) is 0. The van der Waals surface area contributed by atoms with Gasteiger partial charge in [0.05, 0.1) is 0 Å². The van der Waals surface area contributed by atoms with Crippen LogP contribution in [0.25, 0.3) is 0 Å².